The summed E-state index contributed by atoms with van der Waals surface area (Å²) >= 11 is 0. The quantitative estimate of drug-likeness (QED) is 0.763. The van der Waals surface area contributed by atoms with Gasteiger partial charge in [-0.3, -0.25) is 9.59 Å². The van der Waals surface area contributed by atoms with Crippen LogP contribution >= 0.6 is 0 Å². The molecule has 2 rings (SSSR count). The van der Waals surface area contributed by atoms with E-state index in [9.17, 15) is 9.59 Å². The van der Waals surface area contributed by atoms with Crippen LogP contribution in [0.3, 0.4) is 0 Å². The lowest BCUT2D eigenvalue weighted by molar-refractivity contribution is -0.139. The van der Waals surface area contributed by atoms with Crippen LogP contribution in [0.25, 0.3) is 0 Å². The second kappa shape index (κ2) is 4.74. The summed E-state index contributed by atoms with van der Waals surface area (Å²) in [5.74, 6) is -0.0551. The van der Waals surface area contributed by atoms with Gasteiger partial charge in [-0.1, -0.05) is 0 Å². The van der Waals surface area contributed by atoms with Crippen molar-refractivity contribution in [2.24, 2.45) is 11.8 Å². The van der Waals surface area contributed by atoms with Crippen LogP contribution in [0.1, 0.15) is 25.7 Å². The molecule has 0 aromatic heterocycles. The zero-order valence-electron chi connectivity index (χ0n) is 9.98. The van der Waals surface area contributed by atoms with Crippen molar-refractivity contribution in [1.29, 1.82) is 5.26 Å². The van der Waals surface area contributed by atoms with E-state index in [0.29, 0.717) is 18.9 Å². The molecule has 2 atom stereocenters. The summed E-state index contributed by atoms with van der Waals surface area (Å²) in [6.45, 7) is 0.623. The summed E-state index contributed by atoms with van der Waals surface area (Å²) in [6.07, 6.45) is 3.00. The Bertz CT molecular complexity index is 370. The molecule has 5 nitrogen and oxygen atoms in total. The number of amides is 2. The van der Waals surface area contributed by atoms with E-state index in [4.69, 9.17) is 5.26 Å². The highest BCUT2D eigenvalue weighted by molar-refractivity contribution is 5.87. The van der Waals surface area contributed by atoms with E-state index in [0.717, 1.165) is 12.8 Å². The largest absolute Gasteiger partial charge is 0.346 e. The third kappa shape index (κ3) is 2.76. The number of rotatable bonds is 3. The topological polar surface area (TPSA) is 73.2 Å². The Morgan fingerprint density at radius 1 is 1.53 bits per heavy atom. The number of likely N-dealkylation sites (tertiary alicyclic amines) is 1. The summed E-state index contributed by atoms with van der Waals surface area (Å²) in [6, 6.07) is 1.76. The number of carbonyl (C=O) groups excluding carboxylic acids is 2. The van der Waals surface area contributed by atoms with Crippen molar-refractivity contribution >= 4 is 11.8 Å². The molecule has 0 spiro atoms. The molecular formula is C12H17N3O2. The maximum absolute atomic E-state index is 11.9. The third-order valence-corrected chi connectivity index (χ3v) is 3.56. The van der Waals surface area contributed by atoms with Gasteiger partial charge in [0.1, 0.15) is 6.04 Å². The normalized spacial score (nSPS) is 26.2. The van der Waals surface area contributed by atoms with Gasteiger partial charge >= 0.3 is 0 Å². The van der Waals surface area contributed by atoms with Gasteiger partial charge in [0.25, 0.3) is 0 Å². The number of hydrogen-bond donors (Lipinski definition) is 1. The molecule has 0 bridgehead atoms. The molecule has 1 aliphatic heterocycles. The summed E-state index contributed by atoms with van der Waals surface area (Å²) in [5, 5.41) is 11.7. The zero-order chi connectivity index (χ0) is 12.4. The fourth-order valence-electron chi connectivity index (χ4n) is 2.12. The molecule has 1 saturated carbocycles. The van der Waals surface area contributed by atoms with Gasteiger partial charge in [-0.15, -0.1) is 0 Å². The maximum Gasteiger partial charge on any atom is 0.224 e. The minimum Gasteiger partial charge on any atom is -0.346 e. The number of carbonyl (C=O) groups is 2. The van der Waals surface area contributed by atoms with Crippen LogP contribution in [0, 0.1) is 23.2 Å². The Kier molecular flexibility index (Phi) is 3.32. The van der Waals surface area contributed by atoms with Crippen LogP contribution in [0.15, 0.2) is 0 Å². The Morgan fingerprint density at radius 2 is 2.24 bits per heavy atom. The molecular weight excluding hydrogens is 218 g/mol. The number of nitrogens with zero attached hydrogens (tertiary/aromatic N) is 2. The molecule has 2 amide bonds. The first-order valence-corrected chi connectivity index (χ1v) is 6.05. The summed E-state index contributed by atoms with van der Waals surface area (Å²) in [7, 11) is 1.75. The summed E-state index contributed by atoms with van der Waals surface area (Å²) < 4.78 is 0. The van der Waals surface area contributed by atoms with Gasteiger partial charge in [0.2, 0.25) is 11.8 Å². The van der Waals surface area contributed by atoms with Gasteiger partial charge in [-0.2, -0.15) is 5.26 Å². The minimum atomic E-state index is -0.364. The predicted molar refractivity (Wildman–Crippen MR) is 60.6 cm³/mol. The lowest BCUT2D eigenvalue weighted by Gasteiger charge is -2.28. The molecule has 0 aromatic carbocycles. The molecule has 2 unspecified atom stereocenters. The van der Waals surface area contributed by atoms with E-state index in [1.807, 2.05) is 0 Å². The molecule has 0 aromatic rings. The van der Waals surface area contributed by atoms with Gasteiger partial charge in [0, 0.05) is 25.9 Å². The highest BCUT2D eigenvalue weighted by Gasteiger charge is 2.35. The first-order valence-electron chi connectivity index (χ1n) is 6.05. The van der Waals surface area contributed by atoms with Crippen molar-refractivity contribution in [2.45, 2.75) is 31.7 Å². The van der Waals surface area contributed by atoms with E-state index < -0.39 is 0 Å². The van der Waals surface area contributed by atoms with E-state index in [2.05, 4.69) is 11.4 Å². The molecule has 2 fully saturated rings. The second-order valence-electron chi connectivity index (χ2n) is 4.96. The Morgan fingerprint density at radius 3 is 2.76 bits per heavy atom. The van der Waals surface area contributed by atoms with E-state index in [1.54, 1.807) is 11.9 Å². The smallest absolute Gasteiger partial charge is 0.224 e. The van der Waals surface area contributed by atoms with Crippen molar-refractivity contribution in [3.63, 3.8) is 0 Å². The molecule has 2 aliphatic rings. The fraction of sp³-hybridized carbons (Fsp3) is 0.750. The number of hydrogen-bond acceptors (Lipinski definition) is 3. The van der Waals surface area contributed by atoms with Crippen molar-refractivity contribution in [3.8, 4) is 6.07 Å². The van der Waals surface area contributed by atoms with Crippen molar-refractivity contribution < 1.29 is 9.59 Å². The van der Waals surface area contributed by atoms with Gasteiger partial charge in [0.15, 0.2) is 0 Å². The molecule has 0 radical (unpaired) electrons. The Balaban J connectivity index is 1.87. The highest BCUT2D eigenvalue weighted by Crippen LogP contribution is 2.32. The molecule has 92 valence electrons. The number of piperidine rings is 1. The molecule has 1 saturated heterocycles. The average Bonchev–Trinajstić information content (AvgIpc) is 3.13. The van der Waals surface area contributed by atoms with Crippen LogP contribution in [0.4, 0.5) is 0 Å². The molecule has 5 heteroatoms. The predicted octanol–water partition coefficient (Wildman–Crippen LogP) is 0.273. The van der Waals surface area contributed by atoms with E-state index in [-0.39, 0.29) is 30.2 Å². The lowest BCUT2D eigenvalue weighted by atomic mass is 9.95. The van der Waals surface area contributed by atoms with Crippen LogP contribution in [-0.2, 0) is 9.59 Å². The van der Waals surface area contributed by atoms with Gasteiger partial charge in [-0.25, -0.2) is 0 Å². The highest BCUT2D eigenvalue weighted by atomic mass is 16.2. The molecule has 1 N–H and O–H groups in total. The van der Waals surface area contributed by atoms with Crippen molar-refractivity contribution in [2.75, 3.05) is 13.6 Å². The molecule has 1 aliphatic carbocycles. The Hall–Kier alpha value is -1.57. The summed E-state index contributed by atoms with van der Waals surface area (Å²) in [4.78, 5) is 25.1. The van der Waals surface area contributed by atoms with Crippen LogP contribution in [0.5, 0.6) is 0 Å². The molecule has 1 heterocycles. The van der Waals surface area contributed by atoms with Gasteiger partial charge in [-0.05, 0) is 25.2 Å². The van der Waals surface area contributed by atoms with Crippen LogP contribution in [-0.4, -0.2) is 36.3 Å². The SMILES string of the molecule is CN1CCC(C(=O)NC(C#N)C2CC2)CC1=O. The minimum absolute atomic E-state index is 0.0105. The van der Waals surface area contributed by atoms with Crippen molar-refractivity contribution in [3.05, 3.63) is 0 Å². The van der Waals surface area contributed by atoms with Gasteiger partial charge < -0.3 is 10.2 Å². The second-order valence-corrected chi connectivity index (χ2v) is 4.96. The summed E-state index contributed by atoms with van der Waals surface area (Å²) in [5.41, 5.74) is 0. The standard InChI is InChI=1S/C12H17N3O2/c1-15-5-4-9(6-11(15)16)12(17)14-10(7-13)8-2-3-8/h8-10H,2-6H2,1H3,(H,14,17). The van der Waals surface area contributed by atoms with Crippen LogP contribution < -0.4 is 5.32 Å². The first-order chi connectivity index (χ1) is 8.11. The van der Waals surface area contributed by atoms with Crippen LogP contribution in [0.2, 0.25) is 0 Å². The maximum atomic E-state index is 11.9. The average molecular weight is 235 g/mol. The number of nitrogens with one attached hydrogen (secondary N) is 1. The zero-order valence-corrected chi connectivity index (χ0v) is 9.98. The first kappa shape index (κ1) is 11.9. The monoisotopic (exact) mass is 235 g/mol. The fourth-order valence-corrected chi connectivity index (χ4v) is 2.12. The Labute approximate surface area is 101 Å². The lowest BCUT2D eigenvalue weighted by Crippen LogP contribution is -2.45. The van der Waals surface area contributed by atoms with E-state index in [1.165, 1.54) is 0 Å². The van der Waals surface area contributed by atoms with E-state index >= 15 is 0 Å². The third-order valence-electron chi connectivity index (χ3n) is 3.56. The van der Waals surface area contributed by atoms with Crippen molar-refractivity contribution in [1.82, 2.24) is 10.2 Å². The molecule has 17 heavy (non-hydrogen) atoms. The number of nitriles is 1. The van der Waals surface area contributed by atoms with Gasteiger partial charge in [0.05, 0.1) is 6.07 Å².